The standard InChI is InChI=1S/C17H17BrN6O2/c1-2-15-19-16(26-21-15)14-10-24(22-20-14)13-6-7-23(9-13)17(25)11-4-3-5-12(18)8-11/h3-5,8,10,13H,2,6-7,9H2,1H3/t13-/m1/s1. The fraction of sp³-hybridized carbons (Fsp3) is 0.353. The smallest absolute Gasteiger partial charge is 0.280 e. The second-order valence-corrected chi connectivity index (χ2v) is 7.07. The number of halogens is 1. The van der Waals surface area contributed by atoms with Crippen LogP contribution < -0.4 is 0 Å². The summed E-state index contributed by atoms with van der Waals surface area (Å²) in [5, 5.41) is 12.2. The summed E-state index contributed by atoms with van der Waals surface area (Å²) in [5.74, 6) is 1.04. The fourth-order valence-corrected chi connectivity index (χ4v) is 3.40. The topological polar surface area (TPSA) is 89.9 Å². The van der Waals surface area contributed by atoms with E-state index in [9.17, 15) is 4.79 Å². The van der Waals surface area contributed by atoms with Gasteiger partial charge >= 0.3 is 0 Å². The van der Waals surface area contributed by atoms with Gasteiger partial charge in [-0.25, -0.2) is 4.68 Å². The maximum absolute atomic E-state index is 12.7. The second-order valence-electron chi connectivity index (χ2n) is 6.16. The van der Waals surface area contributed by atoms with Crippen molar-refractivity contribution in [2.75, 3.05) is 13.1 Å². The number of rotatable bonds is 4. The second kappa shape index (κ2) is 6.99. The molecule has 3 aromatic rings. The van der Waals surface area contributed by atoms with Crippen LogP contribution in [0.4, 0.5) is 0 Å². The lowest BCUT2D eigenvalue weighted by Crippen LogP contribution is -2.29. The number of hydrogen-bond acceptors (Lipinski definition) is 6. The molecule has 0 unspecified atom stereocenters. The lowest BCUT2D eigenvalue weighted by atomic mass is 10.2. The number of benzene rings is 1. The van der Waals surface area contributed by atoms with Crippen LogP contribution in [0.5, 0.6) is 0 Å². The van der Waals surface area contributed by atoms with Gasteiger partial charge in [0.05, 0.1) is 12.2 Å². The minimum atomic E-state index is 0.0265. The van der Waals surface area contributed by atoms with Crippen molar-refractivity contribution in [2.24, 2.45) is 0 Å². The van der Waals surface area contributed by atoms with Crippen molar-refractivity contribution in [1.29, 1.82) is 0 Å². The molecule has 2 aromatic heterocycles. The molecule has 1 saturated heterocycles. The van der Waals surface area contributed by atoms with Gasteiger partial charge in [0.15, 0.2) is 11.5 Å². The maximum atomic E-state index is 12.7. The average molecular weight is 417 g/mol. The number of aryl methyl sites for hydroxylation is 1. The van der Waals surface area contributed by atoms with Gasteiger partial charge in [0.1, 0.15) is 0 Å². The third-order valence-corrected chi connectivity index (χ3v) is 4.90. The zero-order valence-electron chi connectivity index (χ0n) is 14.2. The van der Waals surface area contributed by atoms with Gasteiger partial charge in [-0.15, -0.1) is 5.10 Å². The van der Waals surface area contributed by atoms with Gasteiger partial charge < -0.3 is 9.42 Å². The van der Waals surface area contributed by atoms with E-state index in [0.717, 1.165) is 10.9 Å². The molecule has 1 aliphatic rings. The summed E-state index contributed by atoms with van der Waals surface area (Å²) >= 11 is 3.41. The van der Waals surface area contributed by atoms with Gasteiger partial charge in [-0.2, -0.15) is 4.98 Å². The van der Waals surface area contributed by atoms with Crippen LogP contribution in [0.3, 0.4) is 0 Å². The molecule has 0 radical (unpaired) electrons. The summed E-state index contributed by atoms with van der Waals surface area (Å²) in [4.78, 5) is 18.8. The monoisotopic (exact) mass is 416 g/mol. The molecule has 0 saturated carbocycles. The first kappa shape index (κ1) is 16.9. The highest BCUT2D eigenvalue weighted by atomic mass is 79.9. The normalized spacial score (nSPS) is 17.0. The van der Waals surface area contributed by atoms with Crippen LogP contribution in [0.15, 0.2) is 39.5 Å². The highest BCUT2D eigenvalue weighted by Gasteiger charge is 2.29. The molecule has 1 aromatic carbocycles. The molecule has 1 fully saturated rings. The number of nitrogens with zero attached hydrogens (tertiary/aromatic N) is 6. The Labute approximate surface area is 158 Å². The molecule has 9 heteroatoms. The molecule has 8 nitrogen and oxygen atoms in total. The Morgan fingerprint density at radius 1 is 1.42 bits per heavy atom. The van der Waals surface area contributed by atoms with Gasteiger partial charge in [-0.05, 0) is 24.6 Å². The number of hydrogen-bond donors (Lipinski definition) is 0. The first-order valence-corrected chi connectivity index (χ1v) is 9.23. The van der Waals surface area contributed by atoms with Crippen molar-refractivity contribution in [3.8, 4) is 11.6 Å². The molecule has 26 heavy (non-hydrogen) atoms. The quantitative estimate of drug-likeness (QED) is 0.649. The first-order chi connectivity index (χ1) is 12.6. The Morgan fingerprint density at radius 2 is 2.31 bits per heavy atom. The Hall–Kier alpha value is -2.55. The van der Waals surface area contributed by atoms with Gasteiger partial charge in [-0.1, -0.05) is 39.3 Å². The molecule has 1 aliphatic heterocycles. The van der Waals surface area contributed by atoms with E-state index in [1.165, 1.54) is 0 Å². The number of amides is 1. The van der Waals surface area contributed by atoms with Crippen LogP contribution >= 0.6 is 15.9 Å². The average Bonchev–Trinajstić information content (AvgIpc) is 3.39. The minimum Gasteiger partial charge on any atom is -0.336 e. The van der Waals surface area contributed by atoms with Crippen LogP contribution in [0.1, 0.15) is 35.6 Å². The molecular formula is C17H17BrN6O2. The molecule has 0 bridgehead atoms. The van der Waals surface area contributed by atoms with Crippen LogP contribution in [0.25, 0.3) is 11.6 Å². The number of likely N-dealkylation sites (tertiary alicyclic amines) is 1. The molecule has 0 aliphatic carbocycles. The van der Waals surface area contributed by atoms with E-state index in [2.05, 4.69) is 36.4 Å². The number of carbonyl (C=O) groups is 1. The van der Waals surface area contributed by atoms with Crippen molar-refractivity contribution in [2.45, 2.75) is 25.8 Å². The summed E-state index contributed by atoms with van der Waals surface area (Å²) in [7, 11) is 0. The van der Waals surface area contributed by atoms with E-state index in [0.29, 0.717) is 42.5 Å². The van der Waals surface area contributed by atoms with Crippen LogP contribution in [0, 0.1) is 0 Å². The van der Waals surface area contributed by atoms with E-state index in [-0.39, 0.29) is 11.9 Å². The largest absolute Gasteiger partial charge is 0.336 e. The zero-order chi connectivity index (χ0) is 18.1. The summed E-state index contributed by atoms with van der Waals surface area (Å²) in [6.45, 7) is 3.24. The van der Waals surface area contributed by atoms with E-state index < -0.39 is 0 Å². The Kier molecular flexibility index (Phi) is 4.54. The molecule has 1 atom stereocenters. The van der Waals surface area contributed by atoms with Crippen molar-refractivity contribution < 1.29 is 9.32 Å². The van der Waals surface area contributed by atoms with Gasteiger partial charge in [-0.3, -0.25) is 4.79 Å². The number of carbonyl (C=O) groups excluding carboxylic acids is 1. The van der Waals surface area contributed by atoms with E-state index in [4.69, 9.17) is 4.52 Å². The zero-order valence-corrected chi connectivity index (χ0v) is 15.8. The summed E-state index contributed by atoms with van der Waals surface area (Å²) in [6.07, 6.45) is 3.32. The predicted molar refractivity (Wildman–Crippen MR) is 96.4 cm³/mol. The van der Waals surface area contributed by atoms with E-state index >= 15 is 0 Å². The molecule has 0 N–H and O–H groups in total. The van der Waals surface area contributed by atoms with Crippen molar-refractivity contribution in [1.82, 2.24) is 30.0 Å². The molecule has 4 rings (SSSR count). The Bertz CT molecular complexity index is 937. The van der Waals surface area contributed by atoms with E-state index in [1.54, 1.807) is 10.9 Å². The predicted octanol–water partition coefficient (Wildman–Crippen LogP) is 2.74. The SMILES string of the molecule is CCc1noc(-c2cn([C@@H]3CCN(C(=O)c4cccc(Br)c4)C3)nn2)n1. The van der Waals surface area contributed by atoms with Gasteiger partial charge in [0.2, 0.25) is 0 Å². The lowest BCUT2D eigenvalue weighted by Gasteiger charge is -2.16. The Balaban J connectivity index is 1.46. The van der Waals surface area contributed by atoms with Gasteiger partial charge in [0, 0.05) is 29.5 Å². The fourth-order valence-electron chi connectivity index (χ4n) is 3.00. The third kappa shape index (κ3) is 3.26. The third-order valence-electron chi connectivity index (χ3n) is 4.41. The first-order valence-electron chi connectivity index (χ1n) is 8.43. The molecule has 134 valence electrons. The Morgan fingerprint density at radius 3 is 3.08 bits per heavy atom. The molecule has 3 heterocycles. The highest BCUT2D eigenvalue weighted by Crippen LogP contribution is 2.25. The maximum Gasteiger partial charge on any atom is 0.280 e. The molecule has 1 amide bonds. The van der Waals surface area contributed by atoms with Crippen LogP contribution in [-0.4, -0.2) is 49.0 Å². The van der Waals surface area contributed by atoms with Crippen molar-refractivity contribution in [3.05, 3.63) is 46.3 Å². The highest BCUT2D eigenvalue weighted by molar-refractivity contribution is 9.10. The van der Waals surface area contributed by atoms with Crippen molar-refractivity contribution in [3.63, 3.8) is 0 Å². The number of aromatic nitrogens is 5. The molecule has 0 spiro atoms. The molecular weight excluding hydrogens is 400 g/mol. The minimum absolute atomic E-state index is 0.0265. The van der Waals surface area contributed by atoms with Crippen molar-refractivity contribution >= 4 is 21.8 Å². The van der Waals surface area contributed by atoms with Crippen LogP contribution in [0.2, 0.25) is 0 Å². The lowest BCUT2D eigenvalue weighted by molar-refractivity contribution is 0.0787. The van der Waals surface area contributed by atoms with Gasteiger partial charge in [0.25, 0.3) is 11.8 Å². The van der Waals surface area contributed by atoms with E-state index in [1.807, 2.05) is 36.1 Å². The van der Waals surface area contributed by atoms with Crippen LogP contribution in [-0.2, 0) is 6.42 Å². The summed E-state index contributed by atoms with van der Waals surface area (Å²) in [6, 6.07) is 7.52. The summed E-state index contributed by atoms with van der Waals surface area (Å²) in [5.41, 5.74) is 1.23. The summed E-state index contributed by atoms with van der Waals surface area (Å²) < 4.78 is 7.87.